The molecule has 0 radical (unpaired) electrons. The number of amides is 2. The number of ether oxygens (including phenoxy) is 3. The average molecular weight is 468 g/mol. The average Bonchev–Trinajstić information content (AvgIpc) is 2.82. The molecule has 9 heteroatoms. The van der Waals surface area contributed by atoms with Crippen LogP contribution in [0.5, 0.6) is 17.2 Å². The van der Waals surface area contributed by atoms with E-state index < -0.39 is 5.92 Å². The number of nitrogens with zero attached hydrogens (tertiary/aromatic N) is 1. The fraction of sp³-hybridized carbons (Fsp3) is 0.292. The number of benzene rings is 2. The van der Waals surface area contributed by atoms with Crippen molar-refractivity contribution in [3.63, 3.8) is 0 Å². The van der Waals surface area contributed by atoms with Gasteiger partial charge in [0, 0.05) is 18.0 Å². The van der Waals surface area contributed by atoms with Crippen molar-refractivity contribution < 1.29 is 23.8 Å². The lowest BCUT2D eigenvalue weighted by atomic mass is 9.86. The minimum absolute atomic E-state index is 0.0383. The van der Waals surface area contributed by atoms with Gasteiger partial charge in [-0.3, -0.25) is 9.59 Å². The number of aryl methyl sites for hydroxylation is 1. The molecule has 0 unspecified atom stereocenters. The summed E-state index contributed by atoms with van der Waals surface area (Å²) in [4.78, 5) is 24.9. The van der Waals surface area contributed by atoms with Crippen molar-refractivity contribution in [1.82, 2.24) is 5.32 Å². The predicted molar refractivity (Wildman–Crippen MR) is 127 cm³/mol. The summed E-state index contributed by atoms with van der Waals surface area (Å²) < 4.78 is 16.2. The number of rotatable bonds is 8. The summed E-state index contributed by atoms with van der Waals surface area (Å²) in [6.07, 6.45) is 0.0845. The zero-order chi connectivity index (χ0) is 24.0. The van der Waals surface area contributed by atoms with Gasteiger partial charge in [0.05, 0.1) is 43.8 Å². The Morgan fingerprint density at radius 2 is 1.79 bits per heavy atom. The number of carbonyl (C=O) groups excluding carboxylic acids is 2. The third-order valence-electron chi connectivity index (χ3n) is 5.13. The van der Waals surface area contributed by atoms with Crippen LogP contribution in [0, 0.1) is 18.3 Å². The molecule has 0 spiro atoms. The molecule has 0 aromatic heterocycles. The molecule has 2 N–H and O–H groups in total. The lowest BCUT2D eigenvalue weighted by Gasteiger charge is -2.26. The third-order valence-corrected chi connectivity index (χ3v) is 6.15. The molecule has 2 aromatic carbocycles. The highest BCUT2D eigenvalue weighted by Crippen LogP contribution is 2.44. The summed E-state index contributed by atoms with van der Waals surface area (Å²) in [5, 5.41) is 15.8. The first-order valence-corrected chi connectivity index (χ1v) is 11.1. The molecule has 2 aromatic rings. The second-order valence-electron chi connectivity index (χ2n) is 7.32. The van der Waals surface area contributed by atoms with Crippen molar-refractivity contribution in [3.05, 3.63) is 58.1 Å². The van der Waals surface area contributed by atoms with E-state index in [0.717, 1.165) is 17.3 Å². The van der Waals surface area contributed by atoms with E-state index in [9.17, 15) is 14.9 Å². The van der Waals surface area contributed by atoms with Crippen molar-refractivity contribution in [2.45, 2.75) is 19.3 Å². The van der Waals surface area contributed by atoms with Gasteiger partial charge in [0.25, 0.3) is 0 Å². The van der Waals surface area contributed by atoms with Crippen molar-refractivity contribution in [2.75, 3.05) is 32.4 Å². The molecule has 0 aliphatic carbocycles. The van der Waals surface area contributed by atoms with Crippen LogP contribution in [0.4, 0.5) is 5.69 Å². The summed E-state index contributed by atoms with van der Waals surface area (Å²) in [5.74, 6) is 0.334. The van der Waals surface area contributed by atoms with Crippen molar-refractivity contribution in [1.29, 1.82) is 5.26 Å². The molecule has 0 saturated carbocycles. The number of nitrogens with one attached hydrogen (secondary N) is 2. The number of anilines is 1. The molecule has 172 valence electrons. The number of thioether (sulfide) groups is 1. The highest BCUT2D eigenvalue weighted by molar-refractivity contribution is 8.03. The molecule has 0 fully saturated rings. The van der Waals surface area contributed by atoms with Gasteiger partial charge < -0.3 is 24.8 Å². The van der Waals surface area contributed by atoms with Crippen LogP contribution in [-0.2, 0) is 9.59 Å². The molecule has 0 bridgehead atoms. The fourth-order valence-corrected chi connectivity index (χ4v) is 4.37. The molecule has 33 heavy (non-hydrogen) atoms. The molecule has 0 saturated heterocycles. The van der Waals surface area contributed by atoms with Crippen molar-refractivity contribution in [3.8, 4) is 23.3 Å². The van der Waals surface area contributed by atoms with Gasteiger partial charge in [0.15, 0.2) is 11.5 Å². The topological polar surface area (TPSA) is 110 Å². The van der Waals surface area contributed by atoms with Crippen LogP contribution in [-0.4, -0.2) is 38.9 Å². The summed E-state index contributed by atoms with van der Waals surface area (Å²) in [6.45, 7) is 1.97. The van der Waals surface area contributed by atoms with E-state index >= 15 is 0 Å². The van der Waals surface area contributed by atoms with Gasteiger partial charge in [-0.1, -0.05) is 29.5 Å². The Bertz CT molecular complexity index is 1100. The highest BCUT2D eigenvalue weighted by atomic mass is 32.2. The number of methoxy groups -OCH3 is 3. The van der Waals surface area contributed by atoms with Crippen molar-refractivity contribution in [2.24, 2.45) is 0 Å². The summed E-state index contributed by atoms with van der Waals surface area (Å²) in [5.41, 5.74) is 2.83. The molecular formula is C24H25N3O5S. The first-order chi connectivity index (χ1) is 15.9. The van der Waals surface area contributed by atoms with Crippen LogP contribution < -0.4 is 24.8 Å². The first kappa shape index (κ1) is 24.0. The van der Waals surface area contributed by atoms with Crippen LogP contribution in [0.15, 0.2) is 47.0 Å². The molecule has 1 aliphatic heterocycles. The number of carbonyl (C=O) groups is 2. The molecule has 8 nitrogen and oxygen atoms in total. The van der Waals surface area contributed by atoms with E-state index in [1.165, 1.54) is 21.3 Å². The predicted octanol–water partition coefficient (Wildman–Crippen LogP) is 3.73. The van der Waals surface area contributed by atoms with Gasteiger partial charge in [0.2, 0.25) is 17.6 Å². The number of hydrogen-bond acceptors (Lipinski definition) is 7. The Morgan fingerprint density at radius 3 is 2.33 bits per heavy atom. The van der Waals surface area contributed by atoms with Crippen LogP contribution in [0.3, 0.4) is 0 Å². The minimum Gasteiger partial charge on any atom is -0.493 e. The lowest BCUT2D eigenvalue weighted by Crippen LogP contribution is -2.31. The largest absolute Gasteiger partial charge is 0.493 e. The Morgan fingerprint density at radius 1 is 1.15 bits per heavy atom. The van der Waals surface area contributed by atoms with Gasteiger partial charge in [-0.2, -0.15) is 5.26 Å². The van der Waals surface area contributed by atoms with Gasteiger partial charge in [0.1, 0.15) is 0 Å². The van der Waals surface area contributed by atoms with Crippen molar-refractivity contribution >= 4 is 29.3 Å². The van der Waals surface area contributed by atoms with E-state index in [2.05, 4.69) is 16.7 Å². The smallest absolute Gasteiger partial charge is 0.234 e. The maximum atomic E-state index is 12.5. The van der Waals surface area contributed by atoms with E-state index in [1.807, 2.05) is 31.2 Å². The molecule has 3 rings (SSSR count). The lowest BCUT2D eigenvalue weighted by molar-refractivity contribution is -0.121. The molecule has 1 atom stereocenters. The van der Waals surface area contributed by atoms with Gasteiger partial charge in [-0.15, -0.1) is 0 Å². The van der Waals surface area contributed by atoms with Crippen LogP contribution in [0.1, 0.15) is 23.5 Å². The molecule has 1 heterocycles. The third kappa shape index (κ3) is 5.59. The first-order valence-electron chi connectivity index (χ1n) is 10.1. The number of allylic oxidation sites excluding steroid dienone is 1. The summed E-state index contributed by atoms with van der Waals surface area (Å²) >= 11 is 1.12. The number of hydrogen-bond donors (Lipinski definition) is 2. The van der Waals surface area contributed by atoms with E-state index in [1.54, 1.807) is 12.1 Å². The van der Waals surface area contributed by atoms with Crippen LogP contribution in [0.2, 0.25) is 0 Å². The fourth-order valence-electron chi connectivity index (χ4n) is 3.49. The summed E-state index contributed by atoms with van der Waals surface area (Å²) in [6, 6.07) is 13.1. The molecular weight excluding hydrogens is 442 g/mol. The Kier molecular flexibility index (Phi) is 7.85. The Labute approximate surface area is 196 Å². The normalized spacial score (nSPS) is 15.4. The second kappa shape index (κ2) is 10.8. The van der Waals surface area contributed by atoms with E-state index in [-0.39, 0.29) is 24.0 Å². The van der Waals surface area contributed by atoms with Crippen LogP contribution in [0.25, 0.3) is 0 Å². The van der Waals surface area contributed by atoms with Crippen LogP contribution >= 0.6 is 11.8 Å². The maximum absolute atomic E-state index is 12.5. The second-order valence-corrected chi connectivity index (χ2v) is 8.31. The zero-order valence-corrected chi connectivity index (χ0v) is 19.7. The standard InChI is InChI=1S/C24H25N3O5S/c1-14-5-7-16(8-6-14)26-22(29)13-33-24-18(12-25)17(11-21(28)27-24)15-9-19(30-2)23(32-4)20(10-15)31-3/h5-10,17H,11,13H2,1-4H3,(H,26,29)(H,27,28)/t17-/m1/s1. The summed E-state index contributed by atoms with van der Waals surface area (Å²) in [7, 11) is 4.51. The highest BCUT2D eigenvalue weighted by Gasteiger charge is 2.31. The van der Waals surface area contributed by atoms with Gasteiger partial charge in [-0.25, -0.2) is 0 Å². The maximum Gasteiger partial charge on any atom is 0.234 e. The van der Waals surface area contributed by atoms with E-state index in [4.69, 9.17) is 14.2 Å². The Hall–Kier alpha value is -3.64. The van der Waals surface area contributed by atoms with Gasteiger partial charge >= 0.3 is 0 Å². The number of nitriles is 1. The monoisotopic (exact) mass is 467 g/mol. The van der Waals surface area contributed by atoms with E-state index in [0.29, 0.717) is 39.1 Å². The molecule has 1 aliphatic rings. The minimum atomic E-state index is -0.514. The zero-order valence-electron chi connectivity index (χ0n) is 18.9. The molecule has 2 amide bonds. The SMILES string of the molecule is COc1cc([C@H]2CC(=O)NC(SCC(=O)Nc3ccc(C)cc3)=C2C#N)cc(OC)c1OC. The van der Waals surface area contributed by atoms with Gasteiger partial charge in [-0.05, 0) is 36.8 Å². The quantitative estimate of drug-likeness (QED) is 0.609. The Balaban J connectivity index is 1.85.